The lowest BCUT2D eigenvalue weighted by atomic mass is 9.91. The molecular weight excluding hydrogens is 406 g/mol. The van der Waals surface area contributed by atoms with Gasteiger partial charge in [0.15, 0.2) is 6.10 Å². The van der Waals surface area contributed by atoms with Crippen LogP contribution >= 0.6 is 0 Å². The molecule has 0 bridgehead atoms. The summed E-state index contributed by atoms with van der Waals surface area (Å²) in [5.74, 6) is 1.10. The van der Waals surface area contributed by atoms with Gasteiger partial charge in [-0.3, -0.25) is 4.79 Å². The molecule has 1 fully saturated rings. The van der Waals surface area contributed by atoms with Crippen LogP contribution in [0.15, 0.2) is 46.1 Å². The lowest BCUT2D eigenvalue weighted by Crippen LogP contribution is -2.45. The second-order valence-corrected chi connectivity index (χ2v) is 9.00. The summed E-state index contributed by atoms with van der Waals surface area (Å²) in [5, 5.41) is 0.977. The van der Waals surface area contributed by atoms with E-state index in [1.54, 1.807) is 19.2 Å². The average Bonchev–Trinajstić information content (AvgIpc) is 3.32. The van der Waals surface area contributed by atoms with Crippen molar-refractivity contribution in [2.45, 2.75) is 58.1 Å². The summed E-state index contributed by atoms with van der Waals surface area (Å²) in [4.78, 5) is 31.3. The Hall–Kier alpha value is -3.09. The first kappa shape index (κ1) is 20.8. The van der Waals surface area contributed by atoms with Crippen molar-refractivity contribution < 1.29 is 13.9 Å². The zero-order valence-electron chi connectivity index (χ0n) is 18.5. The topological polar surface area (TPSA) is 77.6 Å². The third kappa shape index (κ3) is 4.16. The SMILES string of the molecule is CC(Oc1ccc2c3c(c(=O)oc2c1)CCCC3)C(=O)N1CCC(Cn2ccnc2)CC1. The molecular formula is C25H29N3O4. The largest absolute Gasteiger partial charge is 0.481 e. The summed E-state index contributed by atoms with van der Waals surface area (Å²) in [5.41, 5.74) is 2.22. The highest BCUT2D eigenvalue weighted by atomic mass is 16.5. The molecule has 1 unspecified atom stereocenters. The summed E-state index contributed by atoms with van der Waals surface area (Å²) < 4.78 is 13.6. The van der Waals surface area contributed by atoms with Crippen molar-refractivity contribution in [3.8, 4) is 5.75 Å². The summed E-state index contributed by atoms with van der Waals surface area (Å²) in [6.07, 6.45) is 10.8. The number of nitrogens with zero attached hydrogens (tertiary/aromatic N) is 3. The van der Waals surface area contributed by atoms with E-state index < -0.39 is 6.10 Å². The quantitative estimate of drug-likeness (QED) is 0.573. The first-order chi connectivity index (χ1) is 15.6. The van der Waals surface area contributed by atoms with E-state index >= 15 is 0 Å². The number of aromatic nitrogens is 2. The summed E-state index contributed by atoms with van der Waals surface area (Å²) >= 11 is 0. The van der Waals surface area contributed by atoms with Crippen LogP contribution in [0.1, 0.15) is 43.7 Å². The van der Waals surface area contributed by atoms with Gasteiger partial charge in [0.2, 0.25) is 0 Å². The third-order valence-corrected chi connectivity index (χ3v) is 6.81. The zero-order valence-corrected chi connectivity index (χ0v) is 18.5. The van der Waals surface area contributed by atoms with Crippen LogP contribution in [0, 0.1) is 5.92 Å². The van der Waals surface area contributed by atoms with Gasteiger partial charge in [-0.15, -0.1) is 0 Å². The lowest BCUT2D eigenvalue weighted by Gasteiger charge is -2.33. The molecule has 1 aromatic carbocycles. The van der Waals surface area contributed by atoms with E-state index in [9.17, 15) is 9.59 Å². The molecule has 0 radical (unpaired) electrons. The average molecular weight is 436 g/mol. The molecule has 2 aromatic heterocycles. The van der Waals surface area contributed by atoms with Gasteiger partial charge in [-0.2, -0.15) is 0 Å². The van der Waals surface area contributed by atoms with Crippen LogP contribution in [0.3, 0.4) is 0 Å². The molecule has 168 valence electrons. The Bertz CT molecular complexity index is 1160. The number of hydrogen-bond donors (Lipinski definition) is 0. The fourth-order valence-corrected chi connectivity index (χ4v) is 5.04. The van der Waals surface area contributed by atoms with Gasteiger partial charge in [-0.25, -0.2) is 9.78 Å². The Morgan fingerprint density at radius 1 is 1.22 bits per heavy atom. The minimum atomic E-state index is -0.595. The Morgan fingerprint density at radius 2 is 2.00 bits per heavy atom. The van der Waals surface area contributed by atoms with Gasteiger partial charge in [0.05, 0.1) is 6.33 Å². The minimum absolute atomic E-state index is 0.00179. The zero-order chi connectivity index (χ0) is 22.1. The second-order valence-electron chi connectivity index (χ2n) is 9.00. The lowest BCUT2D eigenvalue weighted by molar-refractivity contribution is -0.139. The van der Waals surface area contributed by atoms with E-state index in [0.29, 0.717) is 17.3 Å². The van der Waals surface area contributed by atoms with E-state index in [-0.39, 0.29) is 11.5 Å². The fraction of sp³-hybridized carbons (Fsp3) is 0.480. The second kappa shape index (κ2) is 8.81. The fourth-order valence-electron chi connectivity index (χ4n) is 5.04. The van der Waals surface area contributed by atoms with E-state index in [1.807, 2.05) is 29.6 Å². The smallest absolute Gasteiger partial charge is 0.339 e. The number of amides is 1. The molecule has 3 heterocycles. The molecule has 1 aliphatic carbocycles. The number of ether oxygens (including phenoxy) is 1. The van der Waals surface area contributed by atoms with Crippen molar-refractivity contribution in [3.63, 3.8) is 0 Å². The molecule has 7 heteroatoms. The molecule has 1 amide bonds. The van der Waals surface area contributed by atoms with E-state index in [1.165, 1.54) is 0 Å². The number of carbonyl (C=O) groups is 1. The summed E-state index contributed by atoms with van der Waals surface area (Å²) in [7, 11) is 0. The predicted octanol–water partition coefficient (Wildman–Crippen LogP) is 3.57. The maximum atomic E-state index is 12.9. The molecule has 3 aromatic rings. The van der Waals surface area contributed by atoms with Gasteiger partial charge >= 0.3 is 5.63 Å². The maximum Gasteiger partial charge on any atom is 0.339 e. The molecule has 1 atom stereocenters. The minimum Gasteiger partial charge on any atom is -0.481 e. The Kier molecular flexibility index (Phi) is 5.72. The van der Waals surface area contributed by atoms with Crippen LogP contribution in [0.4, 0.5) is 0 Å². The van der Waals surface area contributed by atoms with Gasteiger partial charge in [0, 0.05) is 49.0 Å². The molecule has 2 aliphatic rings. The normalized spacial score (nSPS) is 17.8. The number of fused-ring (bicyclic) bond motifs is 3. The molecule has 1 saturated heterocycles. The standard InChI is InChI=1S/C25H29N3O4/c1-17(24(29)28-11-8-18(9-12-28)15-27-13-10-26-16-27)31-19-6-7-21-20-4-2-3-5-22(20)25(30)32-23(21)14-19/h6-7,10,13-14,16-18H,2-5,8-9,11-12,15H2,1H3. The van der Waals surface area contributed by atoms with E-state index in [0.717, 1.165) is 74.7 Å². The van der Waals surface area contributed by atoms with E-state index in [2.05, 4.69) is 9.55 Å². The number of carbonyl (C=O) groups excluding carboxylic acids is 1. The number of imidazole rings is 1. The molecule has 0 N–H and O–H groups in total. The molecule has 0 saturated carbocycles. The van der Waals surface area contributed by atoms with Crippen molar-refractivity contribution in [2.24, 2.45) is 5.92 Å². The van der Waals surface area contributed by atoms with Crippen molar-refractivity contribution in [1.29, 1.82) is 0 Å². The third-order valence-electron chi connectivity index (χ3n) is 6.81. The van der Waals surface area contributed by atoms with Gasteiger partial charge in [0.1, 0.15) is 11.3 Å². The Morgan fingerprint density at radius 3 is 2.75 bits per heavy atom. The number of piperidine rings is 1. The number of benzene rings is 1. The highest BCUT2D eigenvalue weighted by molar-refractivity contribution is 5.84. The van der Waals surface area contributed by atoms with Gasteiger partial charge in [0.25, 0.3) is 5.91 Å². The van der Waals surface area contributed by atoms with Gasteiger partial charge in [-0.05, 0) is 69.1 Å². The van der Waals surface area contributed by atoms with Crippen molar-refractivity contribution in [2.75, 3.05) is 13.1 Å². The van der Waals surface area contributed by atoms with Crippen molar-refractivity contribution in [3.05, 3.63) is 58.5 Å². The monoisotopic (exact) mass is 435 g/mol. The van der Waals surface area contributed by atoms with Gasteiger partial charge < -0.3 is 18.6 Å². The molecule has 32 heavy (non-hydrogen) atoms. The first-order valence-electron chi connectivity index (χ1n) is 11.6. The summed E-state index contributed by atoms with van der Waals surface area (Å²) in [6, 6.07) is 5.57. The maximum absolute atomic E-state index is 12.9. The molecule has 1 aliphatic heterocycles. The molecule has 5 rings (SSSR count). The van der Waals surface area contributed by atoms with Crippen LogP contribution < -0.4 is 10.4 Å². The van der Waals surface area contributed by atoms with Crippen molar-refractivity contribution >= 4 is 16.9 Å². The van der Waals surface area contributed by atoms with Crippen LogP contribution in [0.25, 0.3) is 11.0 Å². The van der Waals surface area contributed by atoms with Crippen LogP contribution in [0.5, 0.6) is 5.75 Å². The Labute approximate surface area is 187 Å². The summed E-state index contributed by atoms with van der Waals surface area (Å²) in [6.45, 7) is 4.21. The number of likely N-dealkylation sites (tertiary alicyclic amines) is 1. The highest BCUT2D eigenvalue weighted by Gasteiger charge is 2.27. The number of hydrogen-bond acceptors (Lipinski definition) is 5. The molecule has 0 spiro atoms. The van der Waals surface area contributed by atoms with Crippen LogP contribution in [0.2, 0.25) is 0 Å². The number of aryl methyl sites for hydroxylation is 1. The predicted molar refractivity (Wildman–Crippen MR) is 121 cm³/mol. The van der Waals surface area contributed by atoms with E-state index in [4.69, 9.17) is 9.15 Å². The van der Waals surface area contributed by atoms with Gasteiger partial charge in [-0.1, -0.05) is 0 Å². The van der Waals surface area contributed by atoms with Crippen LogP contribution in [-0.2, 0) is 24.2 Å². The highest BCUT2D eigenvalue weighted by Crippen LogP contribution is 2.29. The molecule has 7 nitrogen and oxygen atoms in total. The Balaban J connectivity index is 1.23. The number of rotatable bonds is 5. The van der Waals surface area contributed by atoms with Crippen molar-refractivity contribution in [1.82, 2.24) is 14.5 Å². The van der Waals surface area contributed by atoms with Crippen LogP contribution in [-0.4, -0.2) is 39.6 Å². The first-order valence-corrected chi connectivity index (χ1v) is 11.6.